The Labute approximate surface area is 84.5 Å². The quantitative estimate of drug-likeness (QED) is 0.711. The van der Waals surface area contributed by atoms with Gasteiger partial charge in [0.05, 0.1) is 4.91 Å². The van der Waals surface area contributed by atoms with Gasteiger partial charge in [0.15, 0.2) is 0 Å². The summed E-state index contributed by atoms with van der Waals surface area (Å²) in [7, 11) is -3.75. The maximum Gasteiger partial charge on any atom is 0.312 e. The number of allylic oxidation sites excluding steroid dienone is 3. The Morgan fingerprint density at radius 1 is 1.50 bits per heavy atom. The van der Waals surface area contributed by atoms with Gasteiger partial charge in [-0.15, -0.1) is 0 Å². The molecule has 0 saturated heterocycles. The second kappa shape index (κ2) is 3.84. The van der Waals surface area contributed by atoms with Crippen molar-refractivity contribution in [2.45, 2.75) is 27.2 Å². The summed E-state index contributed by atoms with van der Waals surface area (Å²) in [5.41, 5.74) is 1.52. The largest absolute Gasteiger partial charge is 0.312 e. The molecule has 0 fully saturated rings. The summed E-state index contributed by atoms with van der Waals surface area (Å²) in [5, 5.41) is 0. The summed E-state index contributed by atoms with van der Waals surface area (Å²) in [6.07, 6.45) is 2.65. The first-order chi connectivity index (χ1) is 6.38. The van der Waals surface area contributed by atoms with Crippen molar-refractivity contribution in [2.75, 3.05) is 0 Å². The van der Waals surface area contributed by atoms with E-state index < -0.39 is 10.1 Å². The predicted octanol–water partition coefficient (Wildman–Crippen LogP) is 1.47. The molecule has 4 nitrogen and oxygen atoms in total. The molecule has 0 saturated carbocycles. The molecule has 2 N–H and O–H groups in total. The van der Waals surface area contributed by atoms with Gasteiger partial charge in [0, 0.05) is 0 Å². The van der Waals surface area contributed by atoms with Crippen LogP contribution in [0, 0.1) is 5.92 Å². The number of rotatable bonds is 2. The molecule has 1 unspecified atom stereocenters. The molecule has 0 amide bonds. The van der Waals surface area contributed by atoms with Crippen LogP contribution in [0.2, 0.25) is 0 Å². The van der Waals surface area contributed by atoms with Crippen molar-refractivity contribution in [3.05, 3.63) is 22.1 Å². The van der Waals surface area contributed by atoms with Gasteiger partial charge < -0.3 is 0 Å². The number of nitrogens with two attached hydrogens (primary N) is 1. The van der Waals surface area contributed by atoms with Gasteiger partial charge in [-0.25, -0.2) is 0 Å². The van der Waals surface area contributed by atoms with Gasteiger partial charge in [0.25, 0.3) is 0 Å². The zero-order chi connectivity index (χ0) is 10.9. The van der Waals surface area contributed by atoms with E-state index in [0.29, 0.717) is 11.5 Å². The van der Waals surface area contributed by atoms with Crippen molar-refractivity contribution in [3.8, 4) is 0 Å². The minimum Gasteiger partial charge on any atom is -0.197 e. The highest BCUT2D eigenvalue weighted by Gasteiger charge is 2.26. The van der Waals surface area contributed by atoms with Crippen LogP contribution >= 0.6 is 0 Å². The minimum atomic E-state index is -3.75. The zero-order valence-corrected chi connectivity index (χ0v) is 9.39. The first kappa shape index (κ1) is 11.4. The standard InChI is InChI=1S/C9H15NO3S/c1-6-4-7(2)9(8(3)5-6)14(11,12)13-10/h4,6H,5,10H2,1-3H3. The summed E-state index contributed by atoms with van der Waals surface area (Å²) in [4.78, 5) is 0.234. The van der Waals surface area contributed by atoms with Gasteiger partial charge in [-0.2, -0.15) is 18.6 Å². The van der Waals surface area contributed by atoms with Crippen molar-refractivity contribution in [2.24, 2.45) is 11.8 Å². The molecule has 0 aliphatic heterocycles. The molecule has 1 aliphatic rings. The maximum atomic E-state index is 11.4. The Morgan fingerprint density at radius 3 is 2.50 bits per heavy atom. The monoisotopic (exact) mass is 217 g/mol. The number of hydrogen-bond acceptors (Lipinski definition) is 4. The van der Waals surface area contributed by atoms with Crippen molar-refractivity contribution >= 4 is 10.1 Å². The fourth-order valence-corrected chi connectivity index (χ4v) is 3.00. The van der Waals surface area contributed by atoms with Gasteiger partial charge in [-0.1, -0.05) is 18.6 Å². The van der Waals surface area contributed by atoms with Crippen molar-refractivity contribution in [1.82, 2.24) is 0 Å². The summed E-state index contributed by atoms with van der Waals surface area (Å²) in [5.74, 6) is 5.11. The lowest BCUT2D eigenvalue weighted by Crippen LogP contribution is -2.18. The molecule has 1 aliphatic carbocycles. The minimum absolute atomic E-state index is 0.234. The molecule has 0 spiro atoms. The van der Waals surface area contributed by atoms with Gasteiger partial charge in [0.2, 0.25) is 0 Å². The molecule has 1 rings (SSSR count). The van der Waals surface area contributed by atoms with E-state index in [9.17, 15) is 8.42 Å². The topological polar surface area (TPSA) is 69.4 Å². The Morgan fingerprint density at radius 2 is 2.07 bits per heavy atom. The third-order valence-corrected chi connectivity index (χ3v) is 3.71. The van der Waals surface area contributed by atoms with Crippen LogP contribution in [-0.4, -0.2) is 8.42 Å². The van der Waals surface area contributed by atoms with E-state index in [2.05, 4.69) is 4.28 Å². The Kier molecular flexibility index (Phi) is 3.14. The molecular weight excluding hydrogens is 202 g/mol. The average molecular weight is 217 g/mol. The highest BCUT2D eigenvalue weighted by Crippen LogP contribution is 2.31. The third-order valence-electron chi connectivity index (χ3n) is 2.29. The fraction of sp³-hybridized carbons (Fsp3) is 0.556. The maximum absolute atomic E-state index is 11.4. The normalized spacial score (nSPS) is 23.7. The summed E-state index contributed by atoms with van der Waals surface area (Å²) >= 11 is 0. The SMILES string of the molecule is CC1=CC(C)CC(C)=C1S(=O)(=O)ON. The summed E-state index contributed by atoms with van der Waals surface area (Å²) in [6, 6.07) is 0. The Balaban J connectivity index is 3.24. The first-order valence-electron chi connectivity index (χ1n) is 4.40. The van der Waals surface area contributed by atoms with E-state index in [1.165, 1.54) is 0 Å². The highest BCUT2D eigenvalue weighted by atomic mass is 32.2. The third kappa shape index (κ3) is 2.05. The molecule has 14 heavy (non-hydrogen) atoms. The summed E-state index contributed by atoms with van der Waals surface area (Å²) < 4.78 is 26.9. The molecule has 0 heterocycles. The molecule has 0 aromatic carbocycles. The second-order valence-electron chi connectivity index (χ2n) is 3.69. The van der Waals surface area contributed by atoms with Crippen molar-refractivity contribution in [1.29, 1.82) is 0 Å². The van der Waals surface area contributed by atoms with Gasteiger partial charge in [-0.3, -0.25) is 0 Å². The van der Waals surface area contributed by atoms with E-state index in [-0.39, 0.29) is 4.91 Å². The van der Waals surface area contributed by atoms with Crippen LogP contribution in [0.15, 0.2) is 22.1 Å². The summed E-state index contributed by atoms with van der Waals surface area (Å²) in [6.45, 7) is 5.59. The van der Waals surface area contributed by atoms with Crippen LogP contribution in [0.1, 0.15) is 27.2 Å². The first-order valence-corrected chi connectivity index (χ1v) is 5.81. The lowest BCUT2D eigenvalue weighted by atomic mass is 9.93. The number of hydrogen-bond donors (Lipinski definition) is 1. The zero-order valence-electron chi connectivity index (χ0n) is 8.57. The van der Waals surface area contributed by atoms with Crippen LogP contribution in [0.3, 0.4) is 0 Å². The van der Waals surface area contributed by atoms with E-state index in [4.69, 9.17) is 5.90 Å². The average Bonchev–Trinajstić information content (AvgIpc) is 2.01. The molecule has 0 aromatic heterocycles. The lowest BCUT2D eigenvalue weighted by Gasteiger charge is -2.20. The van der Waals surface area contributed by atoms with E-state index >= 15 is 0 Å². The molecule has 80 valence electrons. The van der Waals surface area contributed by atoms with Gasteiger partial charge in [0.1, 0.15) is 0 Å². The fourth-order valence-electron chi connectivity index (χ4n) is 1.93. The van der Waals surface area contributed by atoms with Crippen molar-refractivity contribution < 1.29 is 12.7 Å². The van der Waals surface area contributed by atoms with E-state index in [1.807, 2.05) is 13.0 Å². The molecular formula is C9H15NO3S. The predicted molar refractivity (Wildman–Crippen MR) is 54.4 cm³/mol. The lowest BCUT2D eigenvalue weighted by molar-refractivity contribution is 0.337. The van der Waals surface area contributed by atoms with Crippen LogP contribution in [-0.2, 0) is 14.4 Å². The molecule has 0 radical (unpaired) electrons. The molecule has 1 atom stereocenters. The molecule has 0 bridgehead atoms. The van der Waals surface area contributed by atoms with Crippen molar-refractivity contribution in [3.63, 3.8) is 0 Å². The van der Waals surface area contributed by atoms with Crippen LogP contribution in [0.25, 0.3) is 0 Å². The molecule has 5 heteroatoms. The van der Waals surface area contributed by atoms with E-state index in [1.54, 1.807) is 13.8 Å². The van der Waals surface area contributed by atoms with Gasteiger partial charge >= 0.3 is 10.1 Å². The van der Waals surface area contributed by atoms with Gasteiger partial charge in [-0.05, 0) is 31.8 Å². The molecule has 0 aromatic rings. The van der Waals surface area contributed by atoms with Crippen LogP contribution < -0.4 is 5.90 Å². The smallest absolute Gasteiger partial charge is 0.197 e. The van der Waals surface area contributed by atoms with Crippen LogP contribution in [0.5, 0.6) is 0 Å². The Bertz CT molecular complexity index is 392. The van der Waals surface area contributed by atoms with E-state index in [0.717, 1.165) is 12.0 Å². The highest BCUT2D eigenvalue weighted by molar-refractivity contribution is 7.91. The van der Waals surface area contributed by atoms with Crippen LogP contribution in [0.4, 0.5) is 0 Å². The Hall–Kier alpha value is -0.650. The second-order valence-corrected chi connectivity index (χ2v) is 5.20.